The molecular formula is C36H11F3N8O. The average molecular weight is 629 g/mol. The molecule has 0 aromatic heterocycles. The summed E-state index contributed by atoms with van der Waals surface area (Å²) in [5.74, 6) is -0.988. The normalized spacial score (nSPS) is 14.8. The van der Waals surface area contributed by atoms with Gasteiger partial charge in [0.2, 0.25) is 5.70 Å². The molecule has 222 valence electrons. The number of rotatable bonds is 3. The molecule has 48 heavy (non-hydrogen) atoms. The van der Waals surface area contributed by atoms with Gasteiger partial charge >= 0.3 is 6.36 Å². The summed E-state index contributed by atoms with van der Waals surface area (Å²) in [5.41, 5.74) is -0.496. The molecule has 0 saturated carbocycles. The molecule has 0 atom stereocenters. The Bertz CT molecular complexity index is 2450. The molecule has 0 bridgehead atoms. The van der Waals surface area contributed by atoms with Crippen LogP contribution in [-0.4, -0.2) is 6.36 Å². The standard InChI is InChI=1S/C36H11F3N8O/c1-18-31(29(16-42)21-9-23(44-2)11-24(10-21)45-3)27-12-25-26(13-28(27)33(18)46-4)32(35(30(25)17-43)48-36(37,38)39)34(47-5)22-7-19(14-40)6-20(8-22)15-41/h6-13H,1H3/b31-29+,34-32+. The third kappa shape index (κ3) is 5.14. The van der Waals surface area contributed by atoms with Gasteiger partial charge in [0, 0.05) is 11.1 Å². The number of alkyl halides is 3. The van der Waals surface area contributed by atoms with Crippen molar-refractivity contribution in [2.75, 3.05) is 0 Å². The fourth-order valence-corrected chi connectivity index (χ4v) is 5.63. The summed E-state index contributed by atoms with van der Waals surface area (Å²) >= 11 is 0. The van der Waals surface area contributed by atoms with Crippen LogP contribution >= 0.6 is 0 Å². The SMILES string of the molecule is [C-]#[N+]C1=C(C)/C(=C(/C#N)c2cc([N+]#[C-])cc([N+]#[C-])c2)c2cc3c(cc21)/C(=C(\[N+]#[C-])c1cc(C#N)cc(C#N)c1)C(OC(F)(F)F)=C3C#N. The lowest BCUT2D eigenvalue weighted by atomic mass is 9.90. The Hall–Kier alpha value is -7.87. The number of allylic oxidation sites excluding steroid dienone is 5. The molecular weight excluding hydrogens is 617 g/mol. The molecule has 0 saturated heterocycles. The van der Waals surface area contributed by atoms with E-state index >= 15 is 0 Å². The molecule has 0 aliphatic heterocycles. The summed E-state index contributed by atoms with van der Waals surface area (Å²) in [4.78, 5) is 13.8. The van der Waals surface area contributed by atoms with Gasteiger partial charge in [-0.15, -0.1) is 13.2 Å². The number of nitriles is 4. The second kappa shape index (κ2) is 11.9. The highest BCUT2D eigenvalue weighted by Gasteiger charge is 2.41. The van der Waals surface area contributed by atoms with Gasteiger partial charge in [0.15, 0.2) is 17.1 Å². The van der Waals surface area contributed by atoms with Crippen LogP contribution in [0.2, 0.25) is 0 Å². The maximum absolute atomic E-state index is 13.9. The number of halogens is 3. The van der Waals surface area contributed by atoms with Crippen LogP contribution in [0.25, 0.3) is 53.1 Å². The second-order valence-electron chi connectivity index (χ2n) is 10.1. The van der Waals surface area contributed by atoms with Crippen LogP contribution in [0.4, 0.5) is 24.5 Å². The van der Waals surface area contributed by atoms with E-state index in [4.69, 9.17) is 26.3 Å². The van der Waals surface area contributed by atoms with Crippen molar-refractivity contribution in [1.82, 2.24) is 0 Å². The molecule has 0 spiro atoms. The zero-order valence-electron chi connectivity index (χ0n) is 24.2. The van der Waals surface area contributed by atoms with Gasteiger partial charge in [0.1, 0.15) is 23.5 Å². The molecule has 3 aromatic rings. The molecule has 12 heteroatoms. The minimum atomic E-state index is -5.31. The first-order chi connectivity index (χ1) is 23.0. The van der Waals surface area contributed by atoms with E-state index in [9.17, 15) is 34.2 Å². The summed E-state index contributed by atoms with van der Waals surface area (Å²) in [6.45, 7) is 32.3. The molecule has 0 radical (unpaired) electrons. The number of hydrogen-bond donors (Lipinski definition) is 0. The van der Waals surface area contributed by atoms with Gasteiger partial charge in [0.05, 0.1) is 55.1 Å². The van der Waals surface area contributed by atoms with Crippen LogP contribution in [0.5, 0.6) is 0 Å². The Balaban J connectivity index is 1.93. The molecule has 0 heterocycles. The van der Waals surface area contributed by atoms with Gasteiger partial charge in [-0.25, -0.2) is 19.4 Å². The van der Waals surface area contributed by atoms with Crippen molar-refractivity contribution in [2.45, 2.75) is 13.3 Å². The molecule has 3 aromatic carbocycles. The van der Waals surface area contributed by atoms with E-state index in [1.165, 1.54) is 48.5 Å². The number of nitrogens with zero attached hydrogens (tertiary/aromatic N) is 8. The highest BCUT2D eigenvalue weighted by atomic mass is 19.4. The molecule has 9 nitrogen and oxygen atoms in total. The van der Waals surface area contributed by atoms with E-state index in [2.05, 4.69) is 30.2 Å². The first kappa shape index (κ1) is 31.6. The number of hydrogen-bond acceptors (Lipinski definition) is 5. The van der Waals surface area contributed by atoms with E-state index in [1.54, 1.807) is 13.0 Å². The summed E-state index contributed by atoms with van der Waals surface area (Å²) < 4.78 is 46.0. The summed E-state index contributed by atoms with van der Waals surface area (Å²) in [5, 5.41) is 39.5. The molecule has 2 aliphatic carbocycles. The Labute approximate surface area is 271 Å². The van der Waals surface area contributed by atoms with Crippen LogP contribution < -0.4 is 0 Å². The Morgan fingerprint density at radius 2 is 1.27 bits per heavy atom. The Kier molecular flexibility index (Phi) is 7.83. The van der Waals surface area contributed by atoms with E-state index in [0.29, 0.717) is 5.57 Å². The van der Waals surface area contributed by atoms with Crippen molar-refractivity contribution >= 4 is 45.1 Å². The van der Waals surface area contributed by atoms with Gasteiger partial charge in [-0.2, -0.15) is 21.0 Å². The van der Waals surface area contributed by atoms with Gasteiger partial charge in [-0.05, 0) is 70.2 Å². The van der Waals surface area contributed by atoms with Crippen LogP contribution in [0, 0.1) is 71.6 Å². The Morgan fingerprint density at radius 1 is 0.688 bits per heavy atom. The van der Waals surface area contributed by atoms with Crippen LogP contribution in [-0.2, 0) is 4.74 Å². The fourth-order valence-electron chi connectivity index (χ4n) is 5.63. The van der Waals surface area contributed by atoms with Crippen LogP contribution in [0.15, 0.2) is 59.9 Å². The monoisotopic (exact) mass is 628 g/mol. The summed E-state index contributed by atoms with van der Waals surface area (Å²) in [7, 11) is 0. The van der Waals surface area contributed by atoms with Crippen molar-refractivity contribution in [3.63, 3.8) is 0 Å². The lowest BCUT2D eigenvalue weighted by Gasteiger charge is -2.15. The third-order valence-electron chi connectivity index (χ3n) is 7.47. The van der Waals surface area contributed by atoms with Gasteiger partial charge in [-0.1, -0.05) is 24.3 Å². The predicted octanol–water partition coefficient (Wildman–Crippen LogP) is 9.20. The molecule has 0 N–H and O–H groups in total. The van der Waals surface area contributed by atoms with E-state index in [-0.39, 0.29) is 72.7 Å². The smallest absolute Gasteiger partial charge is 0.405 e. The van der Waals surface area contributed by atoms with E-state index in [0.717, 1.165) is 0 Å². The average Bonchev–Trinajstić information content (AvgIpc) is 3.51. The zero-order valence-corrected chi connectivity index (χ0v) is 24.2. The predicted molar refractivity (Wildman–Crippen MR) is 166 cm³/mol. The highest BCUT2D eigenvalue weighted by Crippen LogP contribution is 2.53. The number of ether oxygens (including phenoxy) is 1. The van der Waals surface area contributed by atoms with Crippen molar-refractivity contribution in [3.05, 3.63) is 150 Å². The van der Waals surface area contributed by atoms with Gasteiger partial charge in [0.25, 0.3) is 0 Å². The lowest BCUT2D eigenvalue weighted by molar-refractivity contribution is -0.302. The van der Waals surface area contributed by atoms with E-state index < -0.39 is 29.0 Å². The molecule has 2 aliphatic rings. The van der Waals surface area contributed by atoms with E-state index in [1.807, 2.05) is 12.1 Å². The molecule has 5 rings (SSSR count). The maximum Gasteiger partial charge on any atom is 0.573 e. The van der Waals surface area contributed by atoms with Crippen molar-refractivity contribution in [2.24, 2.45) is 0 Å². The largest absolute Gasteiger partial charge is 0.573 e. The third-order valence-corrected chi connectivity index (χ3v) is 7.47. The first-order valence-corrected chi connectivity index (χ1v) is 13.3. The molecule has 0 amide bonds. The van der Waals surface area contributed by atoms with Gasteiger partial charge in [-0.3, -0.25) is 0 Å². The number of benzene rings is 3. The maximum atomic E-state index is 13.9. The second-order valence-corrected chi connectivity index (χ2v) is 10.1. The topological polar surface area (TPSA) is 122 Å². The highest BCUT2D eigenvalue weighted by molar-refractivity contribution is 6.17. The van der Waals surface area contributed by atoms with Crippen molar-refractivity contribution in [3.8, 4) is 24.3 Å². The van der Waals surface area contributed by atoms with Crippen LogP contribution in [0.3, 0.4) is 0 Å². The van der Waals surface area contributed by atoms with Gasteiger partial charge < -0.3 is 4.74 Å². The minimum Gasteiger partial charge on any atom is -0.405 e. The summed E-state index contributed by atoms with van der Waals surface area (Å²) in [6.07, 6.45) is -5.31. The zero-order chi connectivity index (χ0) is 34.9. The summed E-state index contributed by atoms with van der Waals surface area (Å²) in [6, 6.07) is 18.0. The number of fused-ring (bicyclic) bond motifs is 2. The lowest BCUT2D eigenvalue weighted by Crippen LogP contribution is -2.13. The quantitative estimate of drug-likeness (QED) is 0.211. The molecule has 0 fully saturated rings. The van der Waals surface area contributed by atoms with Crippen molar-refractivity contribution in [1.29, 1.82) is 21.0 Å². The molecule has 0 unspecified atom stereocenters. The fraction of sp³-hybridized carbons (Fsp3) is 0.0556. The minimum absolute atomic E-state index is 0.0232. The van der Waals surface area contributed by atoms with Crippen LogP contribution in [0.1, 0.15) is 51.4 Å². The Morgan fingerprint density at radius 3 is 1.75 bits per heavy atom. The first-order valence-electron chi connectivity index (χ1n) is 13.3. The van der Waals surface area contributed by atoms with Crippen molar-refractivity contribution < 1.29 is 17.9 Å².